The Bertz CT molecular complexity index is 1140. The van der Waals surface area contributed by atoms with E-state index < -0.39 is 6.36 Å². The van der Waals surface area contributed by atoms with E-state index in [9.17, 15) is 13.2 Å². The van der Waals surface area contributed by atoms with Gasteiger partial charge < -0.3 is 9.15 Å². The predicted molar refractivity (Wildman–Crippen MR) is 105 cm³/mol. The van der Waals surface area contributed by atoms with Crippen LogP contribution in [0.4, 0.5) is 13.2 Å². The zero-order valence-corrected chi connectivity index (χ0v) is 16.3. The van der Waals surface area contributed by atoms with Gasteiger partial charge in [-0.2, -0.15) is 5.10 Å². The van der Waals surface area contributed by atoms with Gasteiger partial charge in [-0.05, 0) is 49.7 Å². The number of hydrogen-bond donors (Lipinski definition) is 0. The van der Waals surface area contributed by atoms with Gasteiger partial charge in [-0.3, -0.25) is 4.68 Å². The van der Waals surface area contributed by atoms with Crippen molar-refractivity contribution in [3.8, 4) is 28.6 Å². The molecular formula is C22H18F3N3O2. The first-order valence-electron chi connectivity index (χ1n) is 9.19. The van der Waals surface area contributed by atoms with E-state index in [2.05, 4.69) is 39.1 Å². The smallest absolute Gasteiger partial charge is 0.443 e. The lowest BCUT2D eigenvalue weighted by Gasteiger charge is -2.08. The standard InChI is InChI=1S/C22H18F3N3O2/c1-14-3-5-16(6-4-14)12-28-15(2)11-19(27-28)21-26-20(13-29-21)17-7-9-18(10-8-17)30-22(23,24)25/h3-11,13H,12H2,1-2H3. The van der Waals surface area contributed by atoms with E-state index in [1.807, 2.05) is 24.6 Å². The number of benzene rings is 2. The van der Waals surface area contributed by atoms with Gasteiger partial charge in [0.15, 0.2) is 0 Å². The second-order valence-corrected chi connectivity index (χ2v) is 6.92. The topological polar surface area (TPSA) is 53.1 Å². The fourth-order valence-corrected chi connectivity index (χ4v) is 2.99. The number of nitrogens with zero attached hydrogens (tertiary/aromatic N) is 3. The summed E-state index contributed by atoms with van der Waals surface area (Å²) in [6, 6.07) is 15.6. The first-order valence-corrected chi connectivity index (χ1v) is 9.19. The second-order valence-electron chi connectivity index (χ2n) is 6.92. The molecule has 0 radical (unpaired) electrons. The molecule has 8 heteroatoms. The van der Waals surface area contributed by atoms with Crippen LogP contribution in [0.5, 0.6) is 5.75 Å². The molecule has 4 aromatic rings. The van der Waals surface area contributed by atoms with Gasteiger partial charge in [0.2, 0.25) is 5.89 Å². The van der Waals surface area contributed by atoms with Crippen LogP contribution in [0.25, 0.3) is 22.8 Å². The molecule has 0 spiro atoms. The summed E-state index contributed by atoms with van der Waals surface area (Å²) < 4.78 is 48.2. The highest BCUT2D eigenvalue weighted by atomic mass is 19.4. The van der Waals surface area contributed by atoms with E-state index in [0.717, 1.165) is 11.3 Å². The van der Waals surface area contributed by atoms with Crippen LogP contribution in [0.2, 0.25) is 0 Å². The molecule has 0 atom stereocenters. The van der Waals surface area contributed by atoms with Crippen molar-refractivity contribution in [3.63, 3.8) is 0 Å². The van der Waals surface area contributed by atoms with Crippen LogP contribution in [0.3, 0.4) is 0 Å². The van der Waals surface area contributed by atoms with E-state index in [1.54, 1.807) is 0 Å². The number of aryl methyl sites for hydroxylation is 2. The summed E-state index contributed by atoms with van der Waals surface area (Å²) in [4.78, 5) is 4.42. The number of ether oxygens (including phenoxy) is 1. The molecule has 0 aliphatic carbocycles. The molecule has 5 nitrogen and oxygen atoms in total. The Hall–Kier alpha value is -3.55. The zero-order chi connectivity index (χ0) is 21.3. The predicted octanol–water partition coefficient (Wildman–Crippen LogP) is 5.77. The quantitative estimate of drug-likeness (QED) is 0.417. The van der Waals surface area contributed by atoms with Crippen LogP contribution in [-0.2, 0) is 6.54 Å². The molecule has 0 aliphatic heterocycles. The minimum absolute atomic E-state index is 0.291. The van der Waals surface area contributed by atoms with Crippen molar-refractivity contribution in [2.24, 2.45) is 0 Å². The summed E-state index contributed by atoms with van der Waals surface area (Å²) in [5, 5.41) is 4.57. The van der Waals surface area contributed by atoms with E-state index in [4.69, 9.17) is 4.42 Å². The summed E-state index contributed by atoms with van der Waals surface area (Å²) in [6.45, 7) is 4.62. The summed E-state index contributed by atoms with van der Waals surface area (Å²) in [5.74, 6) is 0.0480. The average Bonchev–Trinajstić information content (AvgIpc) is 3.30. The lowest BCUT2D eigenvalue weighted by Crippen LogP contribution is -2.16. The van der Waals surface area contributed by atoms with Crippen LogP contribution >= 0.6 is 0 Å². The molecule has 0 unspecified atom stereocenters. The zero-order valence-electron chi connectivity index (χ0n) is 16.3. The van der Waals surface area contributed by atoms with Crippen molar-refractivity contribution in [2.45, 2.75) is 26.8 Å². The van der Waals surface area contributed by atoms with E-state index in [1.165, 1.54) is 36.1 Å². The van der Waals surface area contributed by atoms with Gasteiger partial charge >= 0.3 is 6.36 Å². The molecule has 2 aromatic carbocycles. The largest absolute Gasteiger partial charge is 0.573 e. The summed E-state index contributed by atoms with van der Waals surface area (Å²) in [7, 11) is 0. The molecule has 0 saturated carbocycles. The summed E-state index contributed by atoms with van der Waals surface area (Å²) in [6.07, 6.45) is -3.28. The first kappa shape index (κ1) is 19.8. The van der Waals surface area contributed by atoms with Crippen molar-refractivity contribution >= 4 is 0 Å². The van der Waals surface area contributed by atoms with Gasteiger partial charge in [0, 0.05) is 11.3 Å². The molecule has 0 fully saturated rings. The van der Waals surface area contributed by atoms with Crippen molar-refractivity contribution in [1.82, 2.24) is 14.8 Å². The highest BCUT2D eigenvalue weighted by molar-refractivity contribution is 5.62. The Morgan fingerprint density at radius 3 is 2.33 bits per heavy atom. The SMILES string of the molecule is Cc1ccc(Cn2nc(-c3nc(-c4ccc(OC(F)(F)F)cc4)co3)cc2C)cc1. The van der Waals surface area contributed by atoms with Gasteiger partial charge in [-0.15, -0.1) is 13.2 Å². The number of oxazole rings is 1. The van der Waals surface area contributed by atoms with Crippen LogP contribution in [0.15, 0.2) is 65.3 Å². The number of hydrogen-bond acceptors (Lipinski definition) is 4. The maximum Gasteiger partial charge on any atom is 0.573 e. The number of alkyl halides is 3. The molecule has 0 saturated heterocycles. The Morgan fingerprint density at radius 2 is 1.67 bits per heavy atom. The molecule has 0 N–H and O–H groups in total. The van der Waals surface area contributed by atoms with Gasteiger partial charge in [0.05, 0.1) is 6.54 Å². The number of rotatable bonds is 5. The van der Waals surface area contributed by atoms with Crippen molar-refractivity contribution < 1.29 is 22.3 Å². The third kappa shape index (κ3) is 4.53. The van der Waals surface area contributed by atoms with Crippen LogP contribution in [0, 0.1) is 13.8 Å². The van der Waals surface area contributed by atoms with Gasteiger partial charge in [0.1, 0.15) is 23.4 Å². The fraction of sp³-hybridized carbons (Fsp3) is 0.182. The molecular weight excluding hydrogens is 395 g/mol. The van der Waals surface area contributed by atoms with Crippen molar-refractivity contribution in [2.75, 3.05) is 0 Å². The maximum atomic E-state index is 12.3. The van der Waals surface area contributed by atoms with Gasteiger partial charge in [-0.1, -0.05) is 29.8 Å². The Labute approximate surface area is 170 Å². The van der Waals surface area contributed by atoms with Crippen LogP contribution in [-0.4, -0.2) is 21.1 Å². The monoisotopic (exact) mass is 413 g/mol. The Kier molecular flexibility index (Phi) is 5.07. The van der Waals surface area contributed by atoms with E-state index in [-0.39, 0.29) is 5.75 Å². The van der Waals surface area contributed by atoms with Crippen LogP contribution < -0.4 is 4.74 Å². The molecule has 30 heavy (non-hydrogen) atoms. The first-order chi connectivity index (χ1) is 14.3. The van der Waals surface area contributed by atoms with E-state index in [0.29, 0.717) is 29.4 Å². The molecule has 0 aliphatic rings. The van der Waals surface area contributed by atoms with Crippen molar-refractivity contribution in [3.05, 3.63) is 77.7 Å². The molecule has 154 valence electrons. The third-order valence-electron chi connectivity index (χ3n) is 4.54. The number of aromatic nitrogens is 3. The second kappa shape index (κ2) is 7.70. The third-order valence-corrected chi connectivity index (χ3v) is 4.54. The number of halogens is 3. The lowest BCUT2D eigenvalue weighted by molar-refractivity contribution is -0.274. The molecule has 2 aromatic heterocycles. The molecule has 2 heterocycles. The lowest BCUT2D eigenvalue weighted by atomic mass is 10.1. The highest BCUT2D eigenvalue weighted by Crippen LogP contribution is 2.28. The van der Waals surface area contributed by atoms with Gasteiger partial charge in [0.25, 0.3) is 0 Å². The summed E-state index contributed by atoms with van der Waals surface area (Å²) in [5.41, 5.74) is 4.97. The van der Waals surface area contributed by atoms with E-state index >= 15 is 0 Å². The normalized spacial score (nSPS) is 11.6. The minimum atomic E-state index is -4.72. The fourth-order valence-electron chi connectivity index (χ4n) is 2.99. The highest BCUT2D eigenvalue weighted by Gasteiger charge is 2.31. The molecule has 0 bridgehead atoms. The van der Waals surface area contributed by atoms with Crippen LogP contribution in [0.1, 0.15) is 16.8 Å². The maximum absolute atomic E-state index is 12.3. The molecule has 4 rings (SSSR count). The minimum Gasteiger partial charge on any atom is -0.443 e. The van der Waals surface area contributed by atoms with Crippen molar-refractivity contribution in [1.29, 1.82) is 0 Å². The van der Waals surface area contributed by atoms with Gasteiger partial charge in [-0.25, -0.2) is 4.98 Å². The average molecular weight is 413 g/mol. The Balaban J connectivity index is 1.52. The molecule has 0 amide bonds. The summed E-state index contributed by atoms with van der Waals surface area (Å²) >= 11 is 0. The Morgan fingerprint density at radius 1 is 0.967 bits per heavy atom.